The van der Waals surface area contributed by atoms with E-state index in [1.165, 1.54) is 12.8 Å². The SMILES string of the molecule is CCOCC1CCCN(C(=O)C2CCC2)C1. The van der Waals surface area contributed by atoms with Gasteiger partial charge >= 0.3 is 0 Å². The van der Waals surface area contributed by atoms with Crippen molar-refractivity contribution in [2.45, 2.75) is 39.0 Å². The second kappa shape index (κ2) is 5.67. The lowest BCUT2D eigenvalue weighted by molar-refractivity contribution is -0.140. The second-order valence-electron chi connectivity index (χ2n) is 5.08. The van der Waals surface area contributed by atoms with Crippen LogP contribution in [0.3, 0.4) is 0 Å². The third-order valence-corrected chi connectivity index (χ3v) is 3.84. The predicted octanol–water partition coefficient (Wildman–Crippen LogP) is 2.06. The first kappa shape index (κ1) is 11.9. The fraction of sp³-hybridized carbons (Fsp3) is 0.923. The standard InChI is InChI=1S/C13H23NO2/c1-2-16-10-11-5-4-8-14(9-11)13(15)12-6-3-7-12/h11-12H,2-10H2,1H3. The van der Waals surface area contributed by atoms with Crippen LogP contribution in [0.25, 0.3) is 0 Å². The third kappa shape index (κ3) is 2.76. The number of rotatable bonds is 4. The molecule has 3 heteroatoms. The zero-order chi connectivity index (χ0) is 11.4. The lowest BCUT2D eigenvalue weighted by Gasteiger charge is -2.37. The maximum absolute atomic E-state index is 12.1. The Hall–Kier alpha value is -0.570. The molecule has 1 aliphatic carbocycles. The number of piperidine rings is 1. The van der Waals surface area contributed by atoms with E-state index < -0.39 is 0 Å². The highest BCUT2D eigenvalue weighted by Gasteiger charge is 2.32. The van der Waals surface area contributed by atoms with Crippen LogP contribution in [0.15, 0.2) is 0 Å². The molecule has 1 amide bonds. The molecule has 1 saturated heterocycles. The average molecular weight is 225 g/mol. The molecule has 1 atom stereocenters. The fourth-order valence-electron chi connectivity index (χ4n) is 2.60. The molecule has 0 spiro atoms. The molecule has 1 unspecified atom stereocenters. The van der Waals surface area contributed by atoms with Crippen LogP contribution in [0.1, 0.15) is 39.0 Å². The molecule has 0 radical (unpaired) electrons. The van der Waals surface area contributed by atoms with Crippen molar-refractivity contribution in [1.82, 2.24) is 4.90 Å². The van der Waals surface area contributed by atoms with Crippen molar-refractivity contribution < 1.29 is 9.53 Å². The van der Waals surface area contributed by atoms with Gasteiger partial charge in [0.15, 0.2) is 0 Å². The van der Waals surface area contributed by atoms with E-state index in [1.54, 1.807) is 0 Å². The van der Waals surface area contributed by atoms with Crippen molar-refractivity contribution in [1.29, 1.82) is 0 Å². The monoisotopic (exact) mass is 225 g/mol. The van der Waals surface area contributed by atoms with Gasteiger partial charge in [-0.3, -0.25) is 4.79 Å². The number of ether oxygens (including phenoxy) is 1. The van der Waals surface area contributed by atoms with E-state index in [0.29, 0.717) is 17.7 Å². The van der Waals surface area contributed by atoms with E-state index in [2.05, 4.69) is 4.90 Å². The van der Waals surface area contributed by atoms with E-state index in [9.17, 15) is 4.79 Å². The molecule has 2 aliphatic rings. The van der Waals surface area contributed by atoms with Crippen molar-refractivity contribution in [3.8, 4) is 0 Å². The number of nitrogens with zero attached hydrogens (tertiary/aromatic N) is 1. The Labute approximate surface area is 98.1 Å². The third-order valence-electron chi connectivity index (χ3n) is 3.84. The van der Waals surface area contributed by atoms with E-state index in [0.717, 1.165) is 45.6 Å². The van der Waals surface area contributed by atoms with Crippen LogP contribution in [0, 0.1) is 11.8 Å². The largest absolute Gasteiger partial charge is 0.381 e. The van der Waals surface area contributed by atoms with Gasteiger partial charge in [0.05, 0.1) is 6.61 Å². The van der Waals surface area contributed by atoms with Gasteiger partial charge in [0.2, 0.25) is 5.91 Å². The summed E-state index contributed by atoms with van der Waals surface area (Å²) < 4.78 is 5.46. The van der Waals surface area contributed by atoms with Crippen LogP contribution in [-0.2, 0) is 9.53 Å². The summed E-state index contributed by atoms with van der Waals surface area (Å²) in [6.45, 7) is 5.53. The van der Waals surface area contributed by atoms with Crippen LogP contribution in [-0.4, -0.2) is 37.1 Å². The Balaban J connectivity index is 1.78. The van der Waals surface area contributed by atoms with Crippen LogP contribution >= 0.6 is 0 Å². The lowest BCUT2D eigenvalue weighted by atomic mass is 9.83. The summed E-state index contributed by atoms with van der Waals surface area (Å²) in [6, 6.07) is 0. The molecule has 0 aromatic rings. The second-order valence-corrected chi connectivity index (χ2v) is 5.08. The molecule has 0 bridgehead atoms. The zero-order valence-corrected chi connectivity index (χ0v) is 10.3. The Morgan fingerprint density at radius 3 is 2.75 bits per heavy atom. The molecular weight excluding hydrogens is 202 g/mol. The molecule has 16 heavy (non-hydrogen) atoms. The minimum absolute atomic E-state index is 0.353. The van der Waals surface area contributed by atoms with Crippen molar-refractivity contribution in [2.75, 3.05) is 26.3 Å². The number of hydrogen-bond donors (Lipinski definition) is 0. The van der Waals surface area contributed by atoms with Crippen LogP contribution in [0.4, 0.5) is 0 Å². The fourth-order valence-corrected chi connectivity index (χ4v) is 2.60. The molecular formula is C13H23NO2. The molecule has 92 valence electrons. The molecule has 1 aliphatic heterocycles. The van der Waals surface area contributed by atoms with E-state index in [-0.39, 0.29) is 0 Å². The average Bonchev–Trinajstić information content (AvgIpc) is 2.24. The molecule has 1 heterocycles. The topological polar surface area (TPSA) is 29.5 Å². The van der Waals surface area contributed by atoms with Crippen molar-refractivity contribution in [3.63, 3.8) is 0 Å². The quantitative estimate of drug-likeness (QED) is 0.733. The number of likely N-dealkylation sites (tertiary alicyclic amines) is 1. The Morgan fingerprint density at radius 2 is 2.12 bits per heavy atom. The molecule has 0 aromatic carbocycles. The smallest absolute Gasteiger partial charge is 0.225 e. The Morgan fingerprint density at radius 1 is 1.31 bits per heavy atom. The molecule has 2 rings (SSSR count). The first-order valence-electron chi connectivity index (χ1n) is 6.67. The molecule has 0 N–H and O–H groups in total. The van der Waals surface area contributed by atoms with Crippen LogP contribution < -0.4 is 0 Å². The van der Waals surface area contributed by atoms with Gasteiger partial charge in [0, 0.05) is 25.6 Å². The molecule has 1 saturated carbocycles. The molecule has 2 fully saturated rings. The Bertz CT molecular complexity index is 238. The number of amides is 1. The van der Waals surface area contributed by atoms with Crippen LogP contribution in [0.2, 0.25) is 0 Å². The maximum atomic E-state index is 12.1. The van der Waals surface area contributed by atoms with E-state index in [4.69, 9.17) is 4.74 Å². The van der Waals surface area contributed by atoms with E-state index in [1.807, 2.05) is 6.92 Å². The lowest BCUT2D eigenvalue weighted by Crippen LogP contribution is -2.45. The van der Waals surface area contributed by atoms with Crippen LogP contribution in [0.5, 0.6) is 0 Å². The van der Waals surface area contributed by atoms with Gasteiger partial charge in [0.25, 0.3) is 0 Å². The van der Waals surface area contributed by atoms with Gasteiger partial charge in [-0.2, -0.15) is 0 Å². The summed E-state index contributed by atoms with van der Waals surface area (Å²) in [6.07, 6.45) is 5.84. The molecule has 3 nitrogen and oxygen atoms in total. The van der Waals surface area contributed by atoms with Crippen molar-refractivity contribution in [2.24, 2.45) is 11.8 Å². The summed E-state index contributed by atoms with van der Waals surface area (Å²) in [5, 5.41) is 0. The minimum atomic E-state index is 0.353. The summed E-state index contributed by atoms with van der Waals surface area (Å²) >= 11 is 0. The van der Waals surface area contributed by atoms with Gasteiger partial charge in [-0.1, -0.05) is 6.42 Å². The maximum Gasteiger partial charge on any atom is 0.225 e. The summed E-state index contributed by atoms with van der Waals surface area (Å²) in [5.41, 5.74) is 0. The predicted molar refractivity (Wildman–Crippen MR) is 63.1 cm³/mol. The normalized spacial score (nSPS) is 26.6. The van der Waals surface area contributed by atoms with Gasteiger partial charge in [-0.15, -0.1) is 0 Å². The number of carbonyl (C=O) groups excluding carboxylic acids is 1. The summed E-state index contributed by atoms with van der Waals surface area (Å²) in [5.74, 6) is 1.33. The first-order valence-corrected chi connectivity index (χ1v) is 6.67. The zero-order valence-electron chi connectivity index (χ0n) is 10.3. The number of carbonyl (C=O) groups is 1. The first-order chi connectivity index (χ1) is 7.81. The van der Waals surface area contributed by atoms with Crippen molar-refractivity contribution in [3.05, 3.63) is 0 Å². The number of hydrogen-bond acceptors (Lipinski definition) is 2. The highest BCUT2D eigenvalue weighted by Crippen LogP contribution is 2.30. The highest BCUT2D eigenvalue weighted by atomic mass is 16.5. The molecule has 0 aromatic heterocycles. The Kier molecular flexibility index (Phi) is 4.22. The van der Waals surface area contributed by atoms with E-state index >= 15 is 0 Å². The van der Waals surface area contributed by atoms with Gasteiger partial charge in [0.1, 0.15) is 0 Å². The minimum Gasteiger partial charge on any atom is -0.381 e. The van der Waals surface area contributed by atoms with Gasteiger partial charge in [-0.05, 0) is 38.5 Å². The van der Waals surface area contributed by atoms with Crippen molar-refractivity contribution >= 4 is 5.91 Å². The highest BCUT2D eigenvalue weighted by molar-refractivity contribution is 5.79. The summed E-state index contributed by atoms with van der Waals surface area (Å²) in [4.78, 5) is 14.2. The van der Waals surface area contributed by atoms with Gasteiger partial charge < -0.3 is 9.64 Å². The summed E-state index contributed by atoms with van der Waals surface area (Å²) in [7, 11) is 0. The van der Waals surface area contributed by atoms with Gasteiger partial charge in [-0.25, -0.2) is 0 Å².